The summed E-state index contributed by atoms with van der Waals surface area (Å²) >= 11 is 0. The maximum atomic E-state index is 11.2. The van der Waals surface area contributed by atoms with E-state index in [-0.39, 0.29) is 12.7 Å². The molecule has 0 aliphatic carbocycles. The normalized spacial score (nSPS) is 12.4. The van der Waals surface area contributed by atoms with Gasteiger partial charge in [-0.1, -0.05) is 0 Å². The molecular formula is C5H7F3O. The monoisotopic (exact) mass is 140 g/mol. The third-order valence-electron chi connectivity index (χ3n) is 0.520. The second kappa shape index (κ2) is 3.37. The van der Waals surface area contributed by atoms with Crippen molar-refractivity contribution in [2.45, 2.75) is 13.1 Å². The number of hydrogen-bond donors (Lipinski definition) is 0. The van der Waals surface area contributed by atoms with E-state index < -0.39 is 6.18 Å². The number of alkyl halides is 3. The lowest BCUT2D eigenvalue weighted by Gasteiger charge is -1.96. The molecule has 0 aromatic carbocycles. The molecule has 0 saturated heterocycles. The molecule has 0 aliphatic heterocycles. The van der Waals surface area contributed by atoms with E-state index in [2.05, 4.69) is 4.74 Å². The van der Waals surface area contributed by atoms with E-state index in [0.29, 0.717) is 6.26 Å². The predicted molar refractivity (Wildman–Crippen MR) is 26.8 cm³/mol. The van der Waals surface area contributed by atoms with Gasteiger partial charge >= 0.3 is 6.18 Å². The van der Waals surface area contributed by atoms with Gasteiger partial charge in [0, 0.05) is 0 Å². The third kappa shape index (κ3) is 7.33. The summed E-state index contributed by atoms with van der Waals surface area (Å²) in [4.78, 5) is 0. The molecule has 0 aromatic rings. The van der Waals surface area contributed by atoms with Crippen molar-refractivity contribution in [2.24, 2.45) is 0 Å². The molecule has 0 saturated carbocycles. The van der Waals surface area contributed by atoms with Crippen molar-refractivity contribution in [3.8, 4) is 0 Å². The highest BCUT2D eigenvalue weighted by atomic mass is 19.4. The van der Waals surface area contributed by atoms with Crippen LogP contribution in [0.3, 0.4) is 0 Å². The highest BCUT2D eigenvalue weighted by Gasteiger charge is 2.21. The minimum atomic E-state index is -4.25. The van der Waals surface area contributed by atoms with Gasteiger partial charge < -0.3 is 4.74 Å². The van der Waals surface area contributed by atoms with Gasteiger partial charge in [0.2, 0.25) is 0 Å². The Morgan fingerprint density at radius 1 is 1.44 bits per heavy atom. The molecule has 0 atom stereocenters. The van der Waals surface area contributed by atoms with Crippen LogP contribution >= 0.6 is 0 Å². The quantitative estimate of drug-likeness (QED) is 0.533. The Morgan fingerprint density at radius 2 is 2.00 bits per heavy atom. The molecule has 0 spiro atoms. The fraction of sp³-hybridized carbons (Fsp3) is 0.600. The van der Waals surface area contributed by atoms with Gasteiger partial charge in [0.05, 0.1) is 18.9 Å². The SMILES string of the molecule is CCO/C=C/C(F)(F)F. The van der Waals surface area contributed by atoms with Gasteiger partial charge in [0.1, 0.15) is 0 Å². The predicted octanol–water partition coefficient (Wildman–Crippen LogP) is 2.10. The smallest absolute Gasteiger partial charge is 0.412 e. The molecule has 4 heteroatoms. The van der Waals surface area contributed by atoms with E-state index in [1.54, 1.807) is 6.92 Å². The number of rotatable bonds is 2. The fourth-order valence-corrected chi connectivity index (χ4v) is 0.221. The molecule has 0 aromatic heterocycles. The molecule has 9 heavy (non-hydrogen) atoms. The topological polar surface area (TPSA) is 9.23 Å². The lowest BCUT2D eigenvalue weighted by atomic mass is 10.6. The molecule has 0 unspecified atom stereocenters. The first-order valence-electron chi connectivity index (χ1n) is 2.42. The minimum absolute atomic E-state index is 0.0521. The maximum absolute atomic E-state index is 11.2. The number of allylic oxidation sites excluding steroid dienone is 1. The summed E-state index contributed by atoms with van der Waals surface area (Å²) in [6, 6.07) is 0. The van der Waals surface area contributed by atoms with Crippen LogP contribution in [0.1, 0.15) is 6.92 Å². The maximum Gasteiger partial charge on any atom is 0.412 e. The van der Waals surface area contributed by atoms with Gasteiger partial charge in [-0.15, -0.1) is 0 Å². The number of halogens is 3. The van der Waals surface area contributed by atoms with E-state index in [4.69, 9.17) is 0 Å². The minimum Gasteiger partial charge on any atom is -0.501 e. The summed E-state index contributed by atoms with van der Waals surface area (Å²) in [6.07, 6.45) is -3.56. The molecule has 0 bridgehead atoms. The van der Waals surface area contributed by atoms with Gasteiger partial charge in [-0.3, -0.25) is 0 Å². The van der Waals surface area contributed by atoms with Gasteiger partial charge in [0.25, 0.3) is 0 Å². The van der Waals surface area contributed by atoms with Gasteiger partial charge in [-0.05, 0) is 6.92 Å². The summed E-state index contributed by atoms with van der Waals surface area (Å²) in [5.41, 5.74) is 0. The zero-order valence-corrected chi connectivity index (χ0v) is 4.90. The lowest BCUT2D eigenvalue weighted by Crippen LogP contribution is -2.00. The van der Waals surface area contributed by atoms with Gasteiger partial charge in [-0.2, -0.15) is 13.2 Å². The van der Waals surface area contributed by atoms with E-state index >= 15 is 0 Å². The summed E-state index contributed by atoms with van der Waals surface area (Å²) in [6.45, 7) is 1.87. The second-order valence-electron chi connectivity index (χ2n) is 1.30. The highest BCUT2D eigenvalue weighted by Crippen LogP contribution is 2.15. The molecule has 0 N–H and O–H groups in total. The Hall–Kier alpha value is -0.670. The molecule has 0 rings (SSSR count). The number of hydrogen-bond acceptors (Lipinski definition) is 1. The van der Waals surface area contributed by atoms with E-state index in [1.165, 1.54) is 0 Å². The molecule has 0 heterocycles. The Morgan fingerprint density at radius 3 is 2.33 bits per heavy atom. The van der Waals surface area contributed by atoms with Crippen LogP contribution < -0.4 is 0 Å². The van der Waals surface area contributed by atoms with Crippen molar-refractivity contribution in [3.05, 3.63) is 12.3 Å². The van der Waals surface area contributed by atoms with E-state index in [0.717, 1.165) is 0 Å². The van der Waals surface area contributed by atoms with Crippen molar-refractivity contribution >= 4 is 0 Å². The van der Waals surface area contributed by atoms with E-state index in [9.17, 15) is 13.2 Å². The summed E-state index contributed by atoms with van der Waals surface area (Å²) in [5, 5.41) is 0. The zero-order valence-electron chi connectivity index (χ0n) is 4.90. The Balaban J connectivity index is 3.45. The van der Waals surface area contributed by atoms with Crippen LogP contribution in [0, 0.1) is 0 Å². The molecular weight excluding hydrogens is 133 g/mol. The van der Waals surface area contributed by atoms with Crippen molar-refractivity contribution < 1.29 is 17.9 Å². The van der Waals surface area contributed by atoms with Crippen LogP contribution in [0.15, 0.2) is 12.3 Å². The van der Waals surface area contributed by atoms with E-state index in [1.807, 2.05) is 0 Å². The molecule has 1 nitrogen and oxygen atoms in total. The van der Waals surface area contributed by atoms with Crippen molar-refractivity contribution in [1.29, 1.82) is 0 Å². The zero-order chi connectivity index (χ0) is 7.33. The van der Waals surface area contributed by atoms with Crippen molar-refractivity contribution in [2.75, 3.05) is 6.61 Å². The standard InChI is InChI=1S/C5H7F3O/c1-2-9-4-3-5(6,7)8/h3-4H,2H2,1H3/b4-3+. The molecule has 0 fully saturated rings. The Labute approximate surface area is 51.1 Å². The lowest BCUT2D eigenvalue weighted by molar-refractivity contribution is -0.0815. The molecule has 54 valence electrons. The average molecular weight is 140 g/mol. The summed E-state index contributed by atoms with van der Waals surface area (Å²) in [7, 11) is 0. The van der Waals surface area contributed by atoms with Gasteiger partial charge in [0.15, 0.2) is 0 Å². The Kier molecular flexibility index (Phi) is 3.12. The second-order valence-corrected chi connectivity index (χ2v) is 1.30. The summed E-state index contributed by atoms with van der Waals surface area (Å²) in [5.74, 6) is 0. The average Bonchev–Trinajstić information content (AvgIpc) is 1.63. The first-order valence-corrected chi connectivity index (χ1v) is 2.42. The highest BCUT2D eigenvalue weighted by molar-refractivity contribution is 4.81. The molecule has 0 radical (unpaired) electrons. The van der Waals surface area contributed by atoms with Crippen LogP contribution in [0.2, 0.25) is 0 Å². The third-order valence-corrected chi connectivity index (χ3v) is 0.520. The van der Waals surface area contributed by atoms with Crippen LogP contribution in [0.4, 0.5) is 13.2 Å². The van der Waals surface area contributed by atoms with Crippen LogP contribution in [0.25, 0.3) is 0 Å². The van der Waals surface area contributed by atoms with Crippen LogP contribution in [-0.2, 0) is 4.74 Å². The Bertz CT molecular complexity index is 94.9. The van der Waals surface area contributed by atoms with Crippen molar-refractivity contribution in [1.82, 2.24) is 0 Å². The molecule has 0 amide bonds. The first-order chi connectivity index (χ1) is 4.06. The van der Waals surface area contributed by atoms with Crippen LogP contribution in [-0.4, -0.2) is 12.8 Å². The molecule has 0 aliphatic rings. The van der Waals surface area contributed by atoms with Crippen molar-refractivity contribution in [3.63, 3.8) is 0 Å². The largest absolute Gasteiger partial charge is 0.501 e. The first kappa shape index (κ1) is 8.33. The fourth-order valence-electron chi connectivity index (χ4n) is 0.221. The van der Waals surface area contributed by atoms with Crippen LogP contribution in [0.5, 0.6) is 0 Å². The summed E-state index contributed by atoms with van der Waals surface area (Å²) < 4.78 is 37.9. The number of ether oxygens (including phenoxy) is 1. The van der Waals surface area contributed by atoms with Gasteiger partial charge in [-0.25, -0.2) is 0 Å².